The molecule has 0 bridgehead atoms. The molecular formula is C5H4N6O3. The molecule has 0 saturated heterocycles. The zero-order chi connectivity index (χ0) is 9.97. The van der Waals surface area contributed by atoms with Crippen LogP contribution in [0, 0.1) is 0 Å². The minimum Gasteiger partial charge on any atom is -0.411 e. The van der Waals surface area contributed by atoms with Gasteiger partial charge in [0, 0.05) is 0 Å². The summed E-state index contributed by atoms with van der Waals surface area (Å²) in [7, 11) is 0. The molecule has 9 heteroatoms. The van der Waals surface area contributed by atoms with Crippen LogP contribution in [0.15, 0.2) is 14.3 Å². The highest BCUT2D eigenvalue weighted by Crippen LogP contribution is 2.17. The van der Waals surface area contributed by atoms with Gasteiger partial charge < -0.3 is 15.5 Å². The quantitative estimate of drug-likeness (QED) is 0.373. The zero-order valence-electron chi connectivity index (χ0n) is 6.65. The Bertz CT molecular complexity index is 459. The molecule has 0 aliphatic heterocycles. The van der Waals surface area contributed by atoms with Crippen LogP contribution in [0.2, 0.25) is 0 Å². The highest BCUT2D eigenvalue weighted by Gasteiger charge is 2.15. The van der Waals surface area contributed by atoms with E-state index in [1.807, 2.05) is 0 Å². The molecule has 3 N–H and O–H groups in total. The Labute approximate surface area is 76.2 Å². The van der Waals surface area contributed by atoms with Gasteiger partial charge in [-0.1, -0.05) is 10.3 Å². The highest BCUT2D eigenvalue weighted by molar-refractivity contribution is 5.73. The number of anilines is 1. The standard InChI is InChI=1S/C5H4N6O3/c6-4-3(9-14-10-4)5-8-2(1-7-12)13-11-5/h1,12H,(H2,6,10). The zero-order valence-corrected chi connectivity index (χ0v) is 6.65. The fourth-order valence-corrected chi connectivity index (χ4v) is 0.784. The molecule has 2 heterocycles. The molecule has 0 radical (unpaired) electrons. The number of hydrogen-bond donors (Lipinski definition) is 2. The van der Waals surface area contributed by atoms with Crippen LogP contribution < -0.4 is 5.73 Å². The van der Waals surface area contributed by atoms with Gasteiger partial charge in [0.2, 0.25) is 5.82 Å². The van der Waals surface area contributed by atoms with Crippen LogP contribution in [0.3, 0.4) is 0 Å². The molecule has 72 valence electrons. The van der Waals surface area contributed by atoms with Crippen LogP contribution in [0.1, 0.15) is 5.89 Å². The fourth-order valence-electron chi connectivity index (χ4n) is 0.784. The van der Waals surface area contributed by atoms with E-state index in [0.717, 1.165) is 6.21 Å². The van der Waals surface area contributed by atoms with Crippen molar-refractivity contribution >= 4 is 12.0 Å². The summed E-state index contributed by atoms with van der Waals surface area (Å²) in [5.74, 6) is 0.182. The number of rotatable bonds is 2. The van der Waals surface area contributed by atoms with Gasteiger partial charge in [0.15, 0.2) is 11.5 Å². The van der Waals surface area contributed by atoms with Gasteiger partial charge in [-0.2, -0.15) is 4.98 Å². The van der Waals surface area contributed by atoms with Crippen LogP contribution in [-0.4, -0.2) is 31.9 Å². The van der Waals surface area contributed by atoms with Gasteiger partial charge in [-0.15, -0.1) is 0 Å². The second-order valence-corrected chi connectivity index (χ2v) is 2.20. The predicted octanol–water partition coefficient (Wildman–Crippen LogP) is -0.490. The Kier molecular flexibility index (Phi) is 1.82. The normalized spacial score (nSPS) is 11.1. The summed E-state index contributed by atoms with van der Waals surface area (Å²) in [5.41, 5.74) is 5.56. The van der Waals surface area contributed by atoms with E-state index in [2.05, 4.69) is 34.8 Å². The monoisotopic (exact) mass is 196 g/mol. The summed E-state index contributed by atoms with van der Waals surface area (Å²) in [6.07, 6.45) is 0.972. The SMILES string of the molecule is Nc1nonc1-c1noc(C=NO)n1. The van der Waals surface area contributed by atoms with E-state index in [-0.39, 0.29) is 23.2 Å². The predicted molar refractivity (Wildman–Crippen MR) is 41.4 cm³/mol. The van der Waals surface area contributed by atoms with Gasteiger partial charge in [0.25, 0.3) is 5.89 Å². The third-order valence-electron chi connectivity index (χ3n) is 1.34. The van der Waals surface area contributed by atoms with Crippen LogP contribution in [0.25, 0.3) is 11.5 Å². The Balaban J connectivity index is 2.38. The van der Waals surface area contributed by atoms with Crippen LogP contribution >= 0.6 is 0 Å². The van der Waals surface area contributed by atoms with Crippen molar-refractivity contribution in [2.75, 3.05) is 5.73 Å². The van der Waals surface area contributed by atoms with Gasteiger partial charge in [-0.05, 0) is 10.3 Å². The molecule has 0 saturated carbocycles. The molecule has 2 aromatic rings. The lowest BCUT2D eigenvalue weighted by atomic mass is 10.4. The average Bonchev–Trinajstić information content (AvgIpc) is 2.74. The van der Waals surface area contributed by atoms with Crippen LogP contribution in [0.4, 0.5) is 5.82 Å². The number of oxime groups is 1. The van der Waals surface area contributed by atoms with E-state index in [9.17, 15) is 0 Å². The number of nitrogen functional groups attached to an aromatic ring is 1. The van der Waals surface area contributed by atoms with Gasteiger partial charge in [0.05, 0.1) is 0 Å². The van der Waals surface area contributed by atoms with Crippen molar-refractivity contribution in [2.24, 2.45) is 5.16 Å². The first kappa shape index (κ1) is 8.16. The maximum absolute atomic E-state index is 8.18. The Morgan fingerprint density at radius 1 is 1.36 bits per heavy atom. The number of nitrogens with two attached hydrogens (primary N) is 1. The molecule has 2 rings (SSSR count). The summed E-state index contributed by atoms with van der Waals surface area (Å²) in [6, 6.07) is 0. The molecule has 14 heavy (non-hydrogen) atoms. The van der Waals surface area contributed by atoms with Gasteiger partial charge in [-0.25, -0.2) is 4.63 Å². The van der Waals surface area contributed by atoms with Crippen LogP contribution in [0.5, 0.6) is 0 Å². The molecule has 0 aliphatic rings. The maximum atomic E-state index is 8.18. The molecule has 0 fully saturated rings. The first-order chi connectivity index (χ1) is 6.81. The molecule has 0 amide bonds. The number of aromatic nitrogens is 4. The lowest BCUT2D eigenvalue weighted by Crippen LogP contribution is -1.90. The largest absolute Gasteiger partial charge is 0.411 e. The Morgan fingerprint density at radius 3 is 2.86 bits per heavy atom. The molecule has 2 aromatic heterocycles. The summed E-state index contributed by atoms with van der Waals surface area (Å²) in [6.45, 7) is 0. The van der Waals surface area contributed by atoms with E-state index in [4.69, 9.17) is 10.9 Å². The van der Waals surface area contributed by atoms with Crippen molar-refractivity contribution in [2.45, 2.75) is 0 Å². The van der Waals surface area contributed by atoms with E-state index in [1.165, 1.54) is 0 Å². The van der Waals surface area contributed by atoms with E-state index < -0.39 is 0 Å². The highest BCUT2D eigenvalue weighted by atomic mass is 16.6. The van der Waals surface area contributed by atoms with Crippen molar-refractivity contribution in [3.63, 3.8) is 0 Å². The van der Waals surface area contributed by atoms with E-state index in [1.54, 1.807) is 0 Å². The molecule has 0 aromatic carbocycles. The lowest BCUT2D eigenvalue weighted by Gasteiger charge is -1.81. The second-order valence-electron chi connectivity index (χ2n) is 2.20. The lowest BCUT2D eigenvalue weighted by molar-refractivity contribution is 0.310. The Hall–Kier alpha value is -2.45. The maximum Gasteiger partial charge on any atom is 0.272 e. The van der Waals surface area contributed by atoms with Gasteiger partial charge in [-0.3, -0.25) is 0 Å². The molecule has 0 spiro atoms. The van der Waals surface area contributed by atoms with Crippen molar-refractivity contribution in [3.8, 4) is 11.5 Å². The van der Waals surface area contributed by atoms with E-state index >= 15 is 0 Å². The second kappa shape index (κ2) is 3.12. The third kappa shape index (κ3) is 1.26. The summed E-state index contributed by atoms with van der Waals surface area (Å²) >= 11 is 0. The van der Waals surface area contributed by atoms with Gasteiger partial charge in [0.1, 0.15) is 6.21 Å². The van der Waals surface area contributed by atoms with E-state index in [0.29, 0.717) is 0 Å². The van der Waals surface area contributed by atoms with Crippen molar-refractivity contribution in [1.82, 2.24) is 20.5 Å². The first-order valence-corrected chi connectivity index (χ1v) is 3.41. The summed E-state index contributed by atoms with van der Waals surface area (Å²) in [5, 5.41) is 21.2. The fraction of sp³-hybridized carbons (Fsp3) is 0. The van der Waals surface area contributed by atoms with Crippen LogP contribution in [-0.2, 0) is 0 Å². The molecule has 0 unspecified atom stereocenters. The molecule has 0 aliphatic carbocycles. The number of nitrogens with zero attached hydrogens (tertiary/aromatic N) is 5. The number of hydrogen-bond acceptors (Lipinski definition) is 9. The molecular weight excluding hydrogens is 192 g/mol. The average molecular weight is 196 g/mol. The Morgan fingerprint density at radius 2 is 2.21 bits per heavy atom. The summed E-state index contributed by atoms with van der Waals surface area (Å²) < 4.78 is 8.99. The molecule has 9 nitrogen and oxygen atoms in total. The van der Waals surface area contributed by atoms with Crippen molar-refractivity contribution in [3.05, 3.63) is 5.89 Å². The van der Waals surface area contributed by atoms with Crippen molar-refractivity contribution in [1.29, 1.82) is 0 Å². The smallest absolute Gasteiger partial charge is 0.272 e. The minimum atomic E-state index is 0.0184. The first-order valence-electron chi connectivity index (χ1n) is 3.41. The van der Waals surface area contributed by atoms with Gasteiger partial charge >= 0.3 is 0 Å². The van der Waals surface area contributed by atoms with Crippen molar-refractivity contribution < 1.29 is 14.4 Å². The summed E-state index contributed by atoms with van der Waals surface area (Å²) in [4.78, 5) is 3.77. The topological polar surface area (TPSA) is 136 Å². The minimum absolute atomic E-state index is 0.0184. The molecule has 0 atom stereocenters. The third-order valence-corrected chi connectivity index (χ3v) is 1.34.